The summed E-state index contributed by atoms with van der Waals surface area (Å²) in [6.45, 7) is 1.76. The summed E-state index contributed by atoms with van der Waals surface area (Å²) in [6, 6.07) is 2.55. The molecule has 140 valence electrons. The Morgan fingerprint density at radius 3 is 2.73 bits per heavy atom. The number of anilines is 1. The van der Waals surface area contributed by atoms with E-state index in [4.69, 9.17) is 4.74 Å². The number of amides is 1. The molecule has 1 fully saturated rings. The van der Waals surface area contributed by atoms with E-state index in [1.165, 1.54) is 23.9 Å². The summed E-state index contributed by atoms with van der Waals surface area (Å²) >= 11 is 0. The molecular formula is C16H20N4O5S. The first-order valence-electron chi connectivity index (χ1n) is 8.03. The summed E-state index contributed by atoms with van der Waals surface area (Å²) in [4.78, 5) is 24.5. The van der Waals surface area contributed by atoms with Gasteiger partial charge >= 0.3 is 0 Å². The number of hydrogen-bond donors (Lipinski definition) is 1. The van der Waals surface area contributed by atoms with Gasteiger partial charge in [0.25, 0.3) is 5.91 Å². The van der Waals surface area contributed by atoms with Crippen LogP contribution < -0.4 is 15.5 Å². The van der Waals surface area contributed by atoms with Gasteiger partial charge in [-0.2, -0.15) is 5.10 Å². The van der Waals surface area contributed by atoms with E-state index in [2.05, 4.69) is 10.4 Å². The van der Waals surface area contributed by atoms with Crippen LogP contribution in [-0.4, -0.2) is 47.3 Å². The van der Waals surface area contributed by atoms with Gasteiger partial charge in [0.15, 0.2) is 15.6 Å². The molecule has 1 aliphatic heterocycles. The van der Waals surface area contributed by atoms with Crippen LogP contribution in [-0.2, 0) is 16.9 Å². The van der Waals surface area contributed by atoms with Gasteiger partial charge in [-0.25, -0.2) is 13.1 Å². The van der Waals surface area contributed by atoms with Gasteiger partial charge in [-0.1, -0.05) is 0 Å². The molecule has 0 spiro atoms. The number of hydrogen-bond acceptors (Lipinski definition) is 6. The lowest BCUT2D eigenvalue weighted by Crippen LogP contribution is -2.24. The maximum Gasteiger partial charge on any atom is 0.273 e. The first-order valence-corrected chi connectivity index (χ1v) is 9.85. The van der Waals surface area contributed by atoms with E-state index in [0.717, 1.165) is 0 Å². The standard InChI is InChI=1S/C16H20N4O5S/c1-10-6-15(20(18-10)11-4-5-26(23,24)9-11)17-16(22)12-7-13(21)14(25-3)8-19(12)2/h6-8,11H,4-5,9H2,1-3H3,(H,17,22)/t11-/m1/s1. The second-order valence-electron chi connectivity index (χ2n) is 6.33. The van der Waals surface area contributed by atoms with Crippen LogP contribution in [0.2, 0.25) is 0 Å². The minimum Gasteiger partial charge on any atom is -0.491 e. The largest absolute Gasteiger partial charge is 0.491 e. The molecule has 26 heavy (non-hydrogen) atoms. The number of aryl methyl sites for hydroxylation is 2. The molecule has 1 amide bonds. The van der Waals surface area contributed by atoms with Crippen LogP contribution in [0.4, 0.5) is 5.82 Å². The topological polar surface area (TPSA) is 112 Å². The highest BCUT2D eigenvalue weighted by Gasteiger charge is 2.31. The molecule has 2 aromatic heterocycles. The molecule has 1 aliphatic rings. The van der Waals surface area contributed by atoms with Gasteiger partial charge in [0.05, 0.1) is 36.5 Å². The molecule has 1 N–H and O–H groups in total. The van der Waals surface area contributed by atoms with Crippen LogP contribution >= 0.6 is 0 Å². The average molecular weight is 380 g/mol. The van der Waals surface area contributed by atoms with Crippen molar-refractivity contribution in [2.75, 3.05) is 23.9 Å². The number of nitrogens with zero attached hydrogens (tertiary/aromatic N) is 3. The number of methoxy groups -OCH3 is 1. The number of sulfone groups is 1. The number of nitrogens with one attached hydrogen (secondary N) is 1. The van der Waals surface area contributed by atoms with Crippen LogP contribution in [0.3, 0.4) is 0 Å². The highest BCUT2D eigenvalue weighted by molar-refractivity contribution is 7.91. The van der Waals surface area contributed by atoms with Gasteiger partial charge in [0.1, 0.15) is 11.5 Å². The molecule has 1 atom stereocenters. The van der Waals surface area contributed by atoms with Gasteiger partial charge in [-0.3, -0.25) is 9.59 Å². The number of carbonyl (C=O) groups is 1. The molecule has 0 unspecified atom stereocenters. The van der Waals surface area contributed by atoms with E-state index < -0.39 is 21.2 Å². The summed E-state index contributed by atoms with van der Waals surface area (Å²) in [5.41, 5.74) is 0.413. The Morgan fingerprint density at radius 2 is 2.12 bits per heavy atom. The molecule has 10 heteroatoms. The molecular weight excluding hydrogens is 360 g/mol. The SMILES string of the molecule is COc1cn(C)c(C(=O)Nc2cc(C)nn2[C@@H]2CCS(=O)(=O)C2)cc1=O. The lowest BCUT2D eigenvalue weighted by molar-refractivity contribution is 0.101. The van der Waals surface area contributed by atoms with E-state index in [9.17, 15) is 18.0 Å². The second kappa shape index (κ2) is 6.60. The van der Waals surface area contributed by atoms with Crippen molar-refractivity contribution in [2.45, 2.75) is 19.4 Å². The monoisotopic (exact) mass is 380 g/mol. The molecule has 9 nitrogen and oxygen atoms in total. The van der Waals surface area contributed by atoms with Gasteiger partial charge < -0.3 is 14.6 Å². The lowest BCUT2D eigenvalue weighted by atomic mass is 10.2. The smallest absolute Gasteiger partial charge is 0.273 e. The van der Waals surface area contributed by atoms with Crippen LogP contribution in [0.15, 0.2) is 23.1 Å². The molecule has 0 aliphatic carbocycles. The van der Waals surface area contributed by atoms with Crippen molar-refractivity contribution < 1.29 is 17.9 Å². The van der Waals surface area contributed by atoms with Gasteiger partial charge in [-0.05, 0) is 13.3 Å². The Labute approximate surface area is 150 Å². The zero-order valence-electron chi connectivity index (χ0n) is 14.7. The van der Waals surface area contributed by atoms with E-state index in [-0.39, 0.29) is 29.0 Å². The van der Waals surface area contributed by atoms with Crippen molar-refractivity contribution in [3.63, 3.8) is 0 Å². The molecule has 0 saturated carbocycles. The highest BCUT2D eigenvalue weighted by Crippen LogP contribution is 2.27. The first kappa shape index (κ1) is 18.2. The second-order valence-corrected chi connectivity index (χ2v) is 8.56. The molecule has 3 heterocycles. The zero-order valence-corrected chi connectivity index (χ0v) is 15.5. The fourth-order valence-electron chi connectivity index (χ4n) is 3.02. The van der Waals surface area contributed by atoms with Crippen molar-refractivity contribution in [1.29, 1.82) is 0 Å². The summed E-state index contributed by atoms with van der Waals surface area (Å²) < 4.78 is 31.5. The highest BCUT2D eigenvalue weighted by atomic mass is 32.2. The third kappa shape index (κ3) is 3.50. The molecule has 0 bridgehead atoms. The normalized spacial score (nSPS) is 18.7. The number of pyridine rings is 1. The van der Waals surface area contributed by atoms with Gasteiger partial charge in [0, 0.05) is 19.2 Å². The Morgan fingerprint density at radius 1 is 1.38 bits per heavy atom. The predicted octanol–water partition coefficient (Wildman–Crippen LogP) is 0.511. The summed E-state index contributed by atoms with van der Waals surface area (Å²) in [7, 11) is -0.0743. The van der Waals surface area contributed by atoms with E-state index in [1.807, 2.05) is 0 Å². The molecule has 0 radical (unpaired) electrons. The van der Waals surface area contributed by atoms with E-state index in [0.29, 0.717) is 17.9 Å². The minimum absolute atomic E-state index is 0.00197. The van der Waals surface area contributed by atoms with E-state index >= 15 is 0 Å². The molecule has 3 rings (SSSR count). The van der Waals surface area contributed by atoms with Crippen molar-refractivity contribution in [3.8, 4) is 5.75 Å². The third-order valence-corrected chi connectivity index (χ3v) is 6.06. The summed E-state index contributed by atoms with van der Waals surface area (Å²) in [6.07, 6.45) is 1.89. The van der Waals surface area contributed by atoms with Crippen molar-refractivity contribution >= 4 is 21.6 Å². The van der Waals surface area contributed by atoms with E-state index in [1.54, 1.807) is 24.7 Å². The maximum atomic E-state index is 12.6. The molecule has 1 saturated heterocycles. The zero-order chi connectivity index (χ0) is 19.1. The summed E-state index contributed by atoms with van der Waals surface area (Å²) in [5, 5.41) is 7.04. The molecule has 0 aromatic carbocycles. The third-order valence-electron chi connectivity index (χ3n) is 4.31. The number of carbonyl (C=O) groups excluding carboxylic acids is 1. The van der Waals surface area contributed by atoms with Gasteiger partial charge in [0.2, 0.25) is 5.43 Å². The van der Waals surface area contributed by atoms with Crippen LogP contribution in [0, 0.1) is 6.92 Å². The summed E-state index contributed by atoms with van der Waals surface area (Å²) in [5.74, 6) is 0.155. The fraction of sp³-hybridized carbons (Fsp3) is 0.438. The van der Waals surface area contributed by atoms with Crippen molar-refractivity contribution in [1.82, 2.24) is 14.3 Å². The number of rotatable bonds is 4. The average Bonchev–Trinajstić information content (AvgIpc) is 3.10. The Bertz CT molecular complexity index is 1020. The Hall–Kier alpha value is -2.62. The lowest BCUT2D eigenvalue weighted by Gasteiger charge is -2.15. The van der Waals surface area contributed by atoms with Crippen LogP contribution in [0.25, 0.3) is 0 Å². The van der Waals surface area contributed by atoms with Crippen molar-refractivity contribution in [2.24, 2.45) is 7.05 Å². The predicted molar refractivity (Wildman–Crippen MR) is 95.5 cm³/mol. The van der Waals surface area contributed by atoms with Crippen LogP contribution in [0.1, 0.15) is 28.6 Å². The number of aromatic nitrogens is 3. The minimum atomic E-state index is -3.08. The fourth-order valence-corrected chi connectivity index (χ4v) is 4.71. The molecule has 2 aromatic rings. The Kier molecular flexibility index (Phi) is 4.61. The quantitative estimate of drug-likeness (QED) is 0.827. The van der Waals surface area contributed by atoms with Crippen LogP contribution in [0.5, 0.6) is 5.75 Å². The number of ether oxygens (including phenoxy) is 1. The van der Waals surface area contributed by atoms with Gasteiger partial charge in [-0.15, -0.1) is 0 Å². The maximum absolute atomic E-state index is 12.6. The van der Waals surface area contributed by atoms with Crippen molar-refractivity contribution in [3.05, 3.63) is 39.9 Å². The first-order chi connectivity index (χ1) is 12.2. The Balaban J connectivity index is 1.89.